The summed E-state index contributed by atoms with van der Waals surface area (Å²) in [5, 5.41) is 12.2. The van der Waals surface area contributed by atoms with Crippen molar-refractivity contribution >= 4 is 15.8 Å². The summed E-state index contributed by atoms with van der Waals surface area (Å²) in [5.41, 5.74) is -2.30. The van der Waals surface area contributed by atoms with E-state index in [9.17, 15) is 31.5 Å². The number of piperazine rings is 1. The van der Waals surface area contributed by atoms with Crippen molar-refractivity contribution in [3.8, 4) is 0 Å². The number of carbonyl (C=O) groups is 1. The Kier molecular flexibility index (Phi) is 7.28. The van der Waals surface area contributed by atoms with Crippen LogP contribution < -0.4 is 0 Å². The first kappa shape index (κ1) is 30.5. The molecule has 0 radical (unpaired) electrons. The van der Waals surface area contributed by atoms with Gasteiger partial charge in [-0.2, -0.15) is 17.5 Å². The fourth-order valence-electron chi connectivity index (χ4n) is 10.3. The van der Waals surface area contributed by atoms with E-state index in [1.165, 1.54) is 16.4 Å². The highest BCUT2D eigenvalue weighted by Gasteiger charge is 2.62. The van der Waals surface area contributed by atoms with Crippen LogP contribution in [0.3, 0.4) is 0 Å². The average Bonchev–Trinajstić information content (AvgIpc) is 3.24. The maximum atomic E-state index is 13.7. The lowest BCUT2D eigenvalue weighted by Crippen LogP contribution is -2.67. The van der Waals surface area contributed by atoms with Crippen molar-refractivity contribution < 1.29 is 31.5 Å². The van der Waals surface area contributed by atoms with Crippen molar-refractivity contribution in [2.45, 2.75) is 114 Å². The molecule has 0 spiro atoms. The number of halogens is 3. The minimum Gasteiger partial charge on any atom is -0.376 e. The Labute approximate surface area is 248 Å². The molecular weight excluding hydrogens is 565 g/mol. The highest BCUT2D eigenvalue weighted by molar-refractivity contribution is 7.89. The number of aliphatic hydroxyl groups is 1. The Morgan fingerprint density at radius 2 is 1.64 bits per heavy atom. The van der Waals surface area contributed by atoms with Crippen molar-refractivity contribution in [2.24, 2.45) is 34.5 Å². The third-order valence-corrected chi connectivity index (χ3v) is 14.7. The topological polar surface area (TPSA) is 77.9 Å². The Bertz CT molecular complexity index is 1350. The first-order chi connectivity index (χ1) is 19.5. The summed E-state index contributed by atoms with van der Waals surface area (Å²) in [6.45, 7) is 8.45. The molecule has 1 aromatic carbocycles. The lowest BCUT2D eigenvalue weighted by atomic mass is 9.44. The van der Waals surface area contributed by atoms with Gasteiger partial charge in [0.25, 0.3) is 0 Å². The van der Waals surface area contributed by atoms with Crippen LogP contribution in [0.15, 0.2) is 29.2 Å². The minimum absolute atomic E-state index is 0.0128. The van der Waals surface area contributed by atoms with Crippen LogP contribution in [0.2, 0.25) is 0 Å². The maximum absolute atomic E-state index is 13.7. The van der Waals surface area contributed by atoms with E-state index >= 15 is 0 Å². The summed E-state index contributed by atoms with van der Waals surface area (Å²) in [6.07, 6.45) is 3.17. The van der Waals surface area contributed by atoms with Gasteiger partial charge in [0.2, 0.25) is 10.0 Å². The summed E-state index contributed by atoms with van der Waals surface area (Å²) < 4.78 is 69.5. The fraction of sp³-hybridized carbons (Fsp3) is 0.781. The standard InChI is InChI=1S/C32H45F3N2O4S/c1-20-19-37(42(40,41)27-8-6-5-7-26(27)32(33,34)35)21(2)18-36(20)31(39)16-15-29(3)22(17-31)9-10-23-24-11-12-28(38)30(24,4)14-13-25(23)29/h5-8,20-25,39H,9-19H2,1-4H3/t20-,21+,22-,23+,24+,25+,29+,30+,31+/m1/s1. The van der Waals surface area contributed by atoms with Crippen molar-refractivity contribution in [1.82, 2.24) is 9.21 Å². The zero-order valence-electron chi connectivity index (χ0n) is 25.2. The van der Waals surface area contributed by atoms with E-state index in [4.69, 9.17) is 0 Å². The van der Waals surface area contributed by atoms with Crippen molar-refractivity contribution in [2.75, 3.05) is 13.1 Å². The van der Waals surface area contributed by atoms with E-state index < -0.39 is 38.4 Å². The highest BCUT2D eigenvalue weighted by Crippen LogP contribution is 2.66. The van der Waals surface area contributed by atoms with Crippen LogP contribution in [0.25, 0.3) is 0 Å². The average molecular weight is 611 g/mol. The van der Waals surface area contributed by atoms with Crippen molar-refractivity contribution in [3.05, 3.63) is 29.8 Å². The first-order valence-corrected chi connectivity index (χ1v) is 17.2. The monoisotopic (exact) mass is 610 g/mol. The lowest BCUT2D eigenvalue weighted by molar-refractivity contribution is -0.215. The molecule has 9 atom stereocenters. The van der Waals surface area contributed by atoms with Gasteiger partial charge in [0, 0.05) is 37.0 Å². The van der Waals surface area contributed by atoms with E-state index in [-0.39, 0.29) is 30.0 Å². The predicted molar refractivity (Wildman–Crippen MR) is 153 cm³/mol. The SMILES string of the molecule is C[C@@H]1CN(S(=O)(=O)c2ccccc2C(F)(F)F)[C@@H](C)CN1[C@]1(O)CC[C@@]2(C)[C@H](CC[C@@H]3[C@@H]2CC[C@]2(C)C(=O)CC[C@@H]32)C1. The lowest BCUT2D eigenvalue weighted by Gasteiger charge is -2.63. The molecular formula is C32H45F3N2O4S. The third kappa shape index (κ3) is 4.52. The molecule has 6 rings (SSSR count). The molecule has 1 aliphatic heterocycles. The summed E-state index contributed by atoms with van der Waals surface area (Å²) in [7, 11) is -4.41. The number of hydrogen-bond donors (Lipinski definition) is 1. The molecule has 0 amide bonds. The molecule has 0 bridgehead atoms. The number of fused-ring (bicyclic) bond motifs is 5. The summed E-state index contributed by atoms with van der Waals surface area (Å²) in [4.78, 5) is 14.1. The van der Waals surface area contributed by atoms with E-state index in [2.05, 4.69) is 13.8 Å². The summed E-state index contributed by atoms with van der Waals surface area (Å²) in [5.74, 6) is 2.37. The van der Waals surface area contributed by atoms with Gasteiger partial charge in [-0.1, -0.05) is 26.0 Å². The number of alkyl halides is 3. The molecule has 4 saturated carbocycles. The number of hydrogen-bond acceptors (Lipinski definition) is 5. The quantitative estimate of drug-likeness (QED) is 0.448. The molecule has 1 aromatic rings. The van der Waals surface area contributed by atoms with Gasteiger partial charge in [-0.15, -0.1) is 0 Å². The van der Waals surface area contributed by atoms with Crippen LogP contribution in [0, 0.1) is 34.5 Å². The van der Waals surface area contributed by atoms with Gasteiger partial charge in [-0.05, 0) is 106 Å². The molecule has 1 saturated heterocycles. The molecule has 10 heteroatoms. The summed E-state index contributed by atoms with van der Waals surface area (Å²) in [6, 6.07) is 3.40. The minimum atomic E-state index is -4.78. The third-order valence-electron chi connectivity index (χ3n) is 12.7. The van der Waals surface area contributed by atoms with Crippen LogP contribution in [0.5, 0.6) is 0 Å². The number of ketones is 1. The molecule has 5 fully saturated rings. The number of rotatable bonds is 3. The van der Waals surface area contributed by atoms with E-state index in [1.54, 1.807) is 6.92 Å². The molecule has 42 heavy (non-hydrogen) atoms. The Morgan fingerprint density at radius 1 is 0.929 bits per heavy atom. The van der Waals surface area contributed by atoms with Gasteiger partial charge in [-0.3, -0.25) is 9.69 Å². The van der Waals surface area contributed by atoms with Gasteiger partial charge in [-0.25, -0.2) is 8.42 Å². The highest BCUT2D eigenvalue weighted by atomic mass is 32.2. The van der Waals surface area contributed by atoms with Crippen molar-refractivity contribution in [1.29, 1.82) is 0 Å². The van der Waals surface area contributed by atoms with Gasteiger partial charge < -0.3 is 5.11 Å². The zero-order chi connectivity index (χ0) is 30.5. The molecule has 1 heterocycles. The molecule has 5 aliphatic rings. The Balaban J connectivity index is 1.19. The van der Waals surface area contributed by atoms with Gasteiger partial charge >= 0.3 is 6.18 Å². The molecule has 0 aromatic heterocycles. The Morgan fingerprint density at radius 3 is 2.36 bits per heavy atom. The van der Waals surface area contributed by atoms with Gasteiger partial charge in [0.05, 0.1) is 10.5 Å². The molecule has 6 nitrogen and oxygen atoms in total. The summed E-state index contributed by atoms with van der Waals surface area (Å²) >= 11 is 0. The first-order valence-electron chi connectivity index (χ1n) is 15.7. The van der Waals surface area contributed by atoms with E-state index in [0.29, 0.717) is 48.7 Å². The smallest absolute Gasteiger partial charge is 0.376 e. The second-order valence-electron chi connectivity index (χ2n) is 14.7. The number of nitrogens with zero attached hydrogens (tertiary/aromatic N) is 2. The Hall–Kier alpha value is -1.49. The molecule has 4 aliphatic carbocycles. The number of Topliss-reactive ketones (excluding diaryl/α,β-unsaturated/α-hetero) is 1. The van der Waals surface area contributed by atoms with Crippen LogP contribution in [-0.2, 0) is 21.0 Å². The van der Waals surface area contributed by atoms with Crippen LogP contribution in [-0.4, -0.2) is 59.4 Å². The predicted octanol–water partition coefficient (Wildman–Crippen LogP) is 6.09. The van der Waals surface area contributed by atoms with E-state index in [0.717, 1.165) is 50.7 Å². The number of carbonyl (C=O) groups excluding carboxylic acids is 1. The van der Waals surface area contributed by atoms with Gasteiger partial charge in [0.15, 0.2) is 0 Å². The number of benzene rings is 1. The van der Waals surface area contributed by atoms with Crippen LogP contribution in [0.4, 0.5) is 13.2 Å². The molecule has 234 valence electrons. The second kappa shape index (κ2) is 10.0. The van der Waals surface area contributed by atoms with Gasteiger partial charge in [0.1, 0.15) is 11.5 Å². The zero-order valence-corrected chi connectivity index (χ0v) is 26.0. The second-order valence-corrected chi connectivity index (χ2v) is 16.5. The number of sulfonamides is 1. The van der Waals surface area contributed by atoms with Crippen molar-refractivity contribution in [3.63, 3.8) is 0 Å². The van der Waals surface area contributed by atoms with Crippen LogP contribution in [0.1, 0.15) is 91.0 Å². The van der Waals surface area contributed by atoms with E-state index in [1.807, 2.05) is 11.8 Å². The fourth-order valence-corrected chi connectivity index (χ4v) is 12.2. The molecule has 1 N–H and O–H groups in total. The van der Waals surface area contributed by atoms with Crippen LogP contribution >= 0.6 is 0 Å². The maximum Gasteiger partial charge on any atom is 0.417 e. The normalized spacial score (nSPS) is 43.5. The largest absolute Gasteiger partial charge is 0.417 e. The molecule has 0 unspecified atom stereocenters.